The molecule has 1 saturated heterocycles. The summed E-state index contributed by atoms with van der Waals surface area (Å²) < 4.78 is 30.7. The van der Waals surface area contributed by atoms with E-state index in [9.17, 15) is 0 Å². The first-order chi connectivity index (χ1) is 14.5. The second kappa shape index (κ2) is 6.99. The summed E-state index contributed by atoms with van der Waals surface area (Å²) in [5, 5.41) is 0.118. The molecule has 0 aromatic heterocycles. The summed E-state index contributed by atoms with van der Waals surface area (Å²) >= 11 is 0. The Balaban J connectivity index is 1.47. The van der Waals surface area contributed by atoms with Crippen LogP contribution in [0.4, 0.5) is 0 Å². The lowest BCUT2D eigenvalue weighted by Gasteiger charge is -2.44. The maximum atomic E-state index is 7.01. The van der Waals surface area contributed by atoms with E-state index in [0.717, 1.165) is 23.5 Å². The number of hydrogen-bond acceptors (Lipinski definition) is 5. The lowest BCUT2D eigenvalue weighted by molar-refractivity contribution is -0.154. The van der Waals surface area contributed by atoms with Crippen LogP contribution in [0.25, 0.3) is 0 Å². The molecule has 0 N–H and O–H groups in total. The highest BCUT2D eigenvalue weighted by Crippen LogP contribution is 2.59. The quantitative estimate of drug-likeness (QED) is 0.479. The van der Waals surface area contributed by atoms with Gasteiger partial charge in [-0.25, -0.2) is 0 Å². The average molecular weight is 443 g/mol. The van der Waals surface area contributed by atoms with E-state index in [4.69, 9.17) is 23.4 Å². The summed E-state index contributed by atoms with van der Waals surface area (Å²) in [5.74, 6) is 9.15. The van der Waals surface area contributed by atoms with E-state index in [1.807, 2.05) is 32.0 Å². The molecule has 5 rings (SSSR count). The highest BCUT2D eigenvalue weighted by atomic mass is 28.4. The van der Waals surface area contributed by atoms with Crippen LogP contribution in [0.5, 0.6) is 11.5 Å². The van der Waals surface area contributed by atoms with E-state index < -0.39 is 14.1 Å². The minimum atomic E-state index is -2.01. The Labute approximate surface area is 186 Å². The van der Waals surface area contributed by atoms with Crippen molar-refractivity contribution in [2.24, 2.45) is 17.8 Å². The van der Waals surface area contributed by atoms with Crippen LogP contribution >= 0.6 is 0 Å². The van der Waals surface area contributed by atoms with Crippen molar-refractivity contribution in [1.29, 1.82) is 0 Å². The molecule has 6 heteroatoms. The minimum Gasteiger partial charge on any atom is -0.454 e. The summed E-state index contributed by atoms with van der Waals surface area (Å²) in [6.45, 7) is 15.8. The number of benzene rings is 1. The van der Waals surface area contributed by atoms with E-state index in [-0.39, 0.29) is 36.1 Å². The smallest absolute Gasteiger partial charge is 0.231 e. The van der Waals surface area contributed by atoms with Crippen LogP contribution in [0.1, 0.15) is 46.6 Å². The predicted octanol–water partition coefficient (Wildman–Crippen LogP) is 4.94. The van der Waals surface area contributed by atoms with Crippen molar-refractivity contribution in [3.63, 3.8) is 0 Å². The van der Waals surface area contributed by atoms with Crippen LogP contribution < -0.4 is 9.47 Å². The molecule has 3 fully saturated rings. The number of ether oxygens (including phenoxy) is 4. The van der Waals surface area contributed by atoms with E-state index in [1.54, 1.807) is 0 Å². The van der Waals surface area contributed by atoms with Crippen molar-refractivity contribution >= 4 is 8.32 Å². The topological polar surface area (TPSA) is 46.2 Å². The Morgan fingerprint density at radius 3 is 2.48 bits per heavy atom. The molecule has 0 bridgehead atoms. The zero-order valence-electron chi connectivity index (χ0n) is 19.7. The molecule has 4 aliphatic rings. The second-order valence-electron chi connectivity index (χ2n) is 11.3. The fraction of sp³-hybridized carbons (Fsp3) is 0.680. The van der Waals surface area contributed by atoms with Crippen molar-refractivity contribution in [2.45, 2.75) is 83.3 Å². The number of rotatable bonds is 2. The summed E-state index contributed by atoms with van der Waals surface area (Å²) in [6, 6.07) is 5.90. The molecule has 2 aliphatic carbocycles. The fourth-order valence-electron chi connectivity index (χ4n) is 4.86. The summed E-state index contributed by atoms with van der Waals surface area (Å²) in [5.41, 5.74) is 0.943. The van der Waals surface area contributed by atoms with Gasteiger partial charge in [0.15, 0.2) is 25.6 Å². The van der Waals surface area contributed by atoms with Crippen molar-refractivity contribution in [3.8, 4) is 23.3 Å². The third kappa shape index (κ3) is 3.80. The number of hydrogen-bond donors (Lipinski definition) is 0. The van der Waals surface area contributed by atoms with Gasteiger partial charge in [-0.05, 0) is 68.4 Å². The Hall–Kier alpha value is -1.52. The fourth-order valence-corrected chi connectivity index (χ4v) is 6.18. The molecule has 2 aliphatic heterocycles. The number of fused-ring (bicyclic) bond motifs is 4. The highest BCUT2D eigenvalue weighted by Gasteiger charge is 2.65. The van der Waals surface area contributed by atoms with Gasteiger partial charge in [0.25, 0.3) is 0 Å². The van der Waals surface area contributed by atoms with Crippen molar-refractivity contribution in [3.05, 3.63) is 23.8 Å². The molecule has 31 heavy (non-hydrogen) atoms. The Bertz CT molecular complexity index is 937. The van der Waals surface area contributed by atoms with Gasteiger partial charge in [-0.1, -0.05) is 32.6 Å². The van der Waals surface area contributed by atoms with Crippen LogP contribution in [-0.2, 0) is 13.9 Å². The molecule has 1 unspecified atom stereocenters. The van der Waals surface area contributed by atoms with Gasteiger partial charge in [0.05, 0.1) is 18.1 Å². The summed E-state index contributed by atoms with van der Waals surface area (Å²) in [7, 11) is -2.01. The molecule has 1 aromatic rings. The molecule has 168 valence electrons. The molecule has 2 saturated carbocycles. The normalized spacial score (nSPS) is 35.1. The first-order valence-electron chi connectivity index (χ1n) is 11.4. The average Bonchev–Trinajstić information content (AvgIpc) is 3.18. The highest BCUT2D eigenvalue weighted by molar-refractivity contribution is 6.74. The van der Waals surface area contributed by atoms with Gasteiger partial charge in [-0.2, -0.15) is 0 Å². The summed E-state index contributed by atoms with van der Waals surface area (Å²) in [4.78, 5) is 0. The maximum Gasteiger partial charge on any atom is 0.231 e. The first-order valence-corrected chi connectivity index (χ1v) is 14.3. The molecule has 6 atom stereocenters. The zero-order valence-corrected chi connectivity index (χ0v) is 20.7. The first kappa shape index (κ1) is 21.3. The molecule has 5 nitrogen and oxygen atoms in total. The minimum absolute atomic E-state index is 0.0658. The van der Waals surface area contributed by atoms with E-state index in [0.29, 0.717) is 11.8 Å². The van der Waals surface area contributed by atoms with Crippen LogP contribution in [-0.4, -0.2) is 39.2 Å². The molecule has 1 aromatic carbocycles. The molecule has 2 heterocycles. The second-order valence-corrected chi connectivity index (χ2v) is 16.1. The van der Waals surface area contributed by atoms with Gasteiger partial charge < -0.3 is 23.4 Å². The zero-order chi connectivity index (χ0) is 22.2. The Morgan fingerprint density at radius 2 is 1.74 bits per heavy atom. The predicted molar refractivity (Wildman–Crippen MR) is 120 cm³/mol. The molecular weight excluding hydrogens is 408 g/mol. The van der Waals surface area contributed by atoms with Crippen LogP contribution in [0.15, 0.2) is 18.2 Å². The van der Waals surface area contributed by atoms with Crippen LogP contribution in [0, 0.1) is 29.6 Å². The van der Waals surface area contributed by atoms with Crippen LogP contribution in [0.2, 0.25) is 18.1 Å². The lowest BCUT2D eigenvalue weighted by Crippen LogP contribution is -2.54. The molecule has 0 amide bonds. The van der Waals surface area contributed by atoms with Gasteiger partial charge in [-0.3, -0.25) is 0 Å². The van der Waals surface area contributed by atoms with Crippen molar-refractivity contribution < 1.29 is 23.4 Å². The van der Waals surface area contributed by atoms with Gasteiger partial charge in [0.2, 0.25) is 6.79 Å². The third-order valence-electron chi connectivity index (χ3n) is 7.61. The van der Waals surface area contributed by atoms with Gasteiger partial charge >= 0.3 is 0 Å². The molecule has 0 spiro atoms. The standard InChI is InChI=1S/C25H34O5Si/c1-24(2,3)31(6,7)30-22-16(10-8-15-9-11-19-20(12-15)27-14-26-19)17-13-18(17)21-23(22)29-25(4,5)28-21/h9,11-12,16-18,21-23H,13-14H2,1-7H3/t16-,17-,18?,21+,22+,23+/m1/s1. The van der Waals surface area contributed by atoms with Gasteiger partial charge in [0, 0.05) is 5.56 Å². The Morgan fingerprint density at radius 1 is 1.03 bits per heavy atom. The lowest BCUT2D eigenvalue weighted by atomic mass is 9.83. The van der Waals surface area contributed by atoms with Crippen molar-refractivity contribution in [2.75, 3.05) is 6.79 Å². The maximum absolute atomic E-state index is 7.01. The van der Waals surface area contributed by atoms with E-state index >= 15 is 0 Å². The van der Waals surface area contributed by atoms with E-state index in [2.05, 4.69) is 45.7 Å². The SMILES string of the molecule is CC1(C)O[C@@H]2[C@@H](O[Si](C)(C)C(C)(C)C)[C@H](C#Cc3ccc4c(c3)OCO4)[C@H]3CC3[C@@H]2O1. The van der Waals surface area contributed by atoms with Crippen molar-refractivity contribution in [1.82, 2.24) is 0 Å². The molecule has 0 radical (unpaired) electrons. The van der Waals surface area contributed by atoms with Crippen LogP contribution in [0.3, 0.4) is 0 Å². The monoisotopic (exact) mass is 442 g/mol. The van der Waals surface area contributed by atoms with E-state index in [1.165, 1.54) is 0 Å². The third-order valence-corrected chi connectivity index (χ3v) is 12.1. The summed E-state index contributed by atoms with van der Waals surface area (Å²) in [6.07, 6.45) is 1.11. The molecular formula is C25H34O5Si. The van der Waals surface area contributed by atoms with Gasteiger partial charge in [-0.15, -0.1) is 0 Å². The largest absolute Gasteiger partial charge is 0.454 e. The Kier molecular flexibility index (Phi) is 4.81. The van der Waals surface area contributed by atoms with Gasteiger partial charge in [0.1, 0.15) is 6.10 Å².